The van der Waals surface area contributed by atoms with Gasteiger partial charge in [-0.15, -0.1) is 11.3 Å². The van der Waals surface area contributed by atoms with Crippen molar-refractivity contribution in [2.24, 2.45) is 11.7 Å². The Labute approximate surface area is 101 Å². The molecule has 2 nitrogen and oxygen atoms in total. The van der Waals surface area contributed by atoms with E-state index in [1.807, 2.05) is 11.8 Å². The highest BCUT2D eigenvalue weighted by Gasteiger charge is 2.16. The first kappa shape index (κ1) is 13.0. The molecule has 15 heavy (non-hydrogen) atoms. The van der Waals surface area contributed by atoms with Crippen molar-refractivity contribution in [3.05, 3.63) is 16.1 Å². The van der Waals surface area contributed by atoms with Crippen molar-refractivity contribution in [3.63, 3.8) is 0 Å². The fraction of sp³-hybridized carbons (Fsp3) is 0.727. The molecular weight excluding hydrogens is 224 g/mol. The first-order valence-corrected chi connectivity index (χ1v) is 7.44. The molecule has 0 aliphatic heterocycles. The highest BCUT2D eigenvalue weighted by atomic mass is 32.2. The maximum Gasteiger partial charge on any atom is 0.103 e. The summed E-state index contributed by atoms with van der Waals surface area (Å²) in [6.07, 6.45) is 0. The first-order chi connectivity index (χ1) is 7.19. The Bertz CT molecular complexity index is 284. The van der Waals surface area contributed by atoms with Gasteiger partial charge in [-0.1, -0.05) is 20.8 Å². The van der Waals surface area contributed by atoms with Crippen LogP contribution >= 0.6 is 23.1 Å². The van der Waals surface area contributed by atoms with Gasteiger partial charge in [-0.3, -0.25) is 0 Å². The van der Waals surface area contributed by atoms with Crippen LogP contribution in [0.15, 0.2) is 5.38 Å². The van der Waals surface area contributed by atoms with Gasteiger partial charge in [0.2, 0.25) is 0 Å². The van der Waals surface area contributed by atoms with Gasteiger partial charge in [0.1, 0.15) is 5.01 Å². The summed E-state index contributed by atoms with van der Waals surface area (Å²) in [5.41, 5.74) is 6.96. The molecule has 4 heteroatoms. The Morgan fingerprint density at radius 1 is 1.53 bits per heavy atom. The summed E-state index contributed by atoms with van der Waals surface area (Å²) in [5.74, 6) is 3.18. The standard InChI is InChI=1S/C11H20N2S2/c1-4-14-7-11-13-10(6-15-11)9(5-12)8(2)3/h6,8-9H,4-5,7,12H2,1-3H3. The van der Waals surface area contributed by atoms with Gasteiger partial charge in [0, 0.05) is 23.6 Å². The van der Waals surface area contributed by atoms with Crippen LogP contribution in [0.3, 0.4) is 0 Å². The highest BCUT2D eigenvalue weighted by Crippen LogP contribution is 2.26. The summed E-state index contributed by atoms with van der Waals surface area (Å²) in [4.78, 5) is 4.66. The molecule has 0 bridgehead atoms. The minimum Gasteiger partial charge on any atom is -0.330 e. The Hall–Kier alpha value is -0.0600. The molecule has 1 atom stereocenters. The fourth-order valence-electron chi connectivity index (χ4n) is 1.49. The van der Waals surface area contributed by atoms with Crippen LogP contribution in [0.2, 0.25) is 0 Å². The minimum atomic E-state index is 0.418. The zero-order valence-electron chi connectivity index (χ0n) is 9.69. The van der Waals surface area contributed by atoms with Crippen molar-refractivity contribution in [2.45, 2.75) is 32.4 Å². The summed E-state index contributed by atoms with van der Waals surface area (Å²) in [5, 5.41) is 3.40. The van der Waals surface area contributed by atoms with Gasteiger partial charge >= 0.3 is 0 Å². The van der Waals surface area contributed by atoms with Crippen molar-refractivity contribution in [3.8, 4) is 0 Å². The van der Waals surface area contributed by atoms with Crippen LogP contribution in [0.1, 0.15) is 37.4 Å². The van der Waals surface area contributed by atoms with Gasteiger partial charge in [0.15, 0.2) is 0 Å². The predicted octanol–water partition coefficient (Wildman–Crippen LogP) is 3.09. The Morgan fingerprint density at radius 3 is 2.80 bits per heavy atom. The van der Waals surface area contributed by atoms with E-state index >= 15 is 0 Å². The van der Waals surface area contributed by atoms with Gasteiger partial charge in [0.05, 0.1) is 5.69 Å². The first-order valence-electron chi connectivity index (χ1n) is 5.41. The molecule has 86 valence electrons. The second-order valence-electron chi connectivity index (χ2n) is 3.89. The third-order valence-electron chi connectivity index (χ3n) is 2.44. The number of nitrogens with two attached hydrogens (primary N) is 1. The van der Waals surface area contributed by atoms with Crippen LogP contribution in [-0.4, -0.2) is 17.3 Å². The lowest BCUT2D eigenvalue weighted by molar-refractivity contribution is 0.497. The molecule has 0 fully saturated rings. The number of hydrogen-bond acceptors (Lipinski definition) is 4. The summed E-state index contributed by atoms with van der Waals surface area (Å²) in [6.45, 7) is 7.28. The molecule has 1 rings (SSSR count). The molecule has 0 saturated heterocycles. The molecule has 0 radical (unpaired) electrons. The molecule has 0 saturated carbocycles. The lowest BCUT2D eigenvalue weighted by atomic mass is 9.93. The summed E-state index contributed by atoms with van der Waals surface area (Å²) in [6, 6.07) is 0. The lowest BCUT2D eigenvalue weighted by Crippen LogP contribution is -2.18. The number of rotatable bonds is 6. The summed E-state index contributed by atoms with van der Waals surface area (Å²) in [7, 11) is 0. The maximum absolute atomic E-state index is 5.77. The van der Waals surface area contributed by atoms with Crippen LogP contribution in [0.4, 0.5) is 0 Å². The molecule has 1 heterocycles. The zero-order chi connectivity index (χ0) is 11.3. The molecule has 1 aromatic heterocycles. The largest absolute Gasteiger partial charge is 0.330 e. The fourth-order valence-corrected chi connectivity index (χ4v) is 3.09. The maximum atomic E-state index is 5.77. The van der Waals surface area contributed by atoms with Gasteiger partial charge in [-0.25, -0.2) is 4.98 Å². The Kier molecular flexibility index (Phi) is 5.64. The number of thiazole rings is 1. The van der Waals surface area contributed by atoms with E-state index in [4.69, 9.17) is 5.73 Å². The van der Waals surface area contributed by atoms with Gasteiger partial charge in [0.25, 0.3) is 0 Å². The van der Waals surface area contributed by atoms with Crippen LogP contribution < -0.4 is 5.73 Å². The SMILES string of the molecule is CCSCc1nc(C(CN)C(C)C)cs1. The molecule has 2 N–H and O–H groups in total. The van der Waals surface area contributed by atoms with Gasteiger partial charge in [-0.05, 0) is 11.7 Å². The Morgan fingerprint density at radius 2 is 2.27 bits per heavy atom. The molecular formula is C11H20N2S2. The van der Waals surface area contributed by atoms with Crippen LogP contribution in [0.5, 0.6) is 0 Å². The average Bonchev–Trinajstić information content (AvgIpc) is 2.64. The van der Waals surface area contributed by atoms with Crippen molar-refractivity contribution in [2.75, 3.05) is 12.3 Å². The third kappa shape index (κ3) is 3.78. The second-order valence-corrected chi connectivity index (χ2v) is 6.11. The van der Waals surface area contributed by atoms with Gasteiger partial charge in [-0.2, -0.15) is 11.8 Å². The van der Waals surface area contributed by atoms with Crippen molar-refractivity contribution in [1.29, 1.82) is 0 Å². The Balaban J connectivity index is 2.65. The van der Waals surface area contributed by atoms with E-state index in [-0.39, 0.29) is 0 Å². The molecule has 1 unspecified atom stereocenters. The highest BCUT2D eigenvalue weighted by molar-refractivity contribution is 7.98. The summed E-state index contributed by atoms with van der Waals surface area (Å²) < 4.78 is 0. The number of thioether (sulfide) groups is 1. The zero-order valence-corrected chi connectivity index (χ0v) is 11.3. The lowest BCUT2D eigenvalue weighted by Gasteiger charge is -2.15. The predicted molar refractivity (Wildman–Crippen MR) is 70.6 cm³/mol. The molecule has 0 amide bonds. The minimum absolute atomic E-state index is 0.418. The van der Waals surface area contributed by atoms with Crippen molar-refractivity contribution < 1.29 is 0 Å². The topological polar surface area (TPSA) is 38.9 Å². The quantitative estimate of drug-likeness (QED) is 0.836. The van der Waals surface area contributed by atoms with Crippen LogP contribution in [-0.2, 0) is 5.75 Å². The monoisotopic (exact) mass is 244 g/mol. The molecule has 0 aliphatic carbocycles. The van der Waals surface area contributed by atoms with E-state index in [0.29, 0.717) is 18.4 Å². The van der Waals surface area contributed by atoms with Crippen LogP contribution in [0, 0.1) is 5.92 Å². The molecule has 0 aliphatic rings. The van der Waals surface area contributed by atoms with E-state index in [0.717, 1.165) is 11.5 Å². The average molecular weight is 244 g/mol. The summed E-state index contributed by atoms with van der Waals surface area (Å²) >= 11 is 3.68. The molecule has 0 spiro atoms. The third-order valence-corrected chi connectivity index (χ3v) is 4.37. The van der Waals surface area contributed by atoms with E-state index in [1.165, 1.54) is 10.7 Å². The number of nitrogens with zero attached hydrogens (tertiary/aromatic N) is 1. The molecule has 1 aromatic rings. The van der Waals surface area contributed by atoms with E-state index in [1.54, 1.807) is 11.3 Å². The molecule has 0 aromatic carbocycles. The van der Waals surface area contributed by atoms with Crippen LogP contribution in [0.25, 0.3) is 0 Å². The second kappa shape index (κ2) is 6.51. The van der Waals surface area contributed by atoms with Crippen molar-refractivity contribution >= 4 is 23.1 Å². The smallest absolute Gasteiger partial charge is 0.103 e. The number of hydrogen-bond donors (Lipinski definition) is 1. The van der Waals surface area contributed by atoms with E-state index in [9.17, 15) is 0 Å². The van der Waals surface area contributed by atoms with E-state index < -0.39 is 0 Å². The van der Waals surface area contributed by atoms with E-state index in [2.05, 4.69) is 31.1 Å². The normalized spacial score (nSPS) is 13.4. The van der Waals surface area contributed by atoms with Gasteiger partial charge < -0.3 is 5.73 Å². The number of aromatic nitrogens is 1. The van der Waals surface area contributed by atoms with Crippen molar-refractivity contribution in [1.82, 2.24) is 4.98 Å².